The van der Waals surface area contributed by atoms with E-state index < -0.39 is 17.2 Å². The Balaban J connectivity index is 2.07. The summed E-state index contributed by atoms with van der Waals surface area (Å²) in [6.45, 7) is 0.173. The molecular weight excluding hydrogens is 301 g/mol. The smallest absolute Gasteiger partial charge is 0.330 e. The van der Waals surface area contributed by atoms with Gasteiger partial charge in [-0.1, -0.05) is 12.1 Å². The van der Waals surface area contributed by atoms with E-state index in [1.165, 1.54) is 49.1 Å². The highest BCUT2D eigenvalue weighted by atomic mass is 19.1. The van der Waals surface area contributed by atoms with Gasteiger partial charge in [-0.25, -0.2) is 9.18 Å². The minimum absolute atomic E-state index is 0.173. The van der Waals surface area contributed by atoms with Crippen molar-refractivity contribution in [3.05, 3.63) is 74.3 Å². The number of aromatic nitrogens is 2. The molecule has 1 amide bonds. The molecule has 7 heteroatoms. The Hall–Kier alpha value is -2.96. The normalized spacial score (nSPS) is 10.9. The van der Waals surface area contributed by atoms with Gasteiger partial charge in [0.15, 0.2) is 0 Å². The molecule has 0 aliphatic rings. The van der Waals surface area contributed by atoms with Crippen LogP contribution in [0.5, 0.6) is 0 Å². The number of hydrogen-bond acceptors (Lipinski definition) is 3. The molecule has 2 aromatic rings. The third-order valence-electron chi connectivity index (χ3n) is 3.24. The minimum Gasteiger partial charge on any atom is -0.348 e. The van der Waals surface area contributed by atoms with Crippen LogP contribution in [0.3, 0.4) is 0 Å². The number of amides is 1. The van der Waals surface area contributed by atoms with E-state index in [1.807, 2.05) is 0 Å². The Morgan fingerprint density at radius 2 is 2.04 bits per heavy atom. The van der Waals surface area contributed by atoms with Gasteiger partial charge in [0.1, 0.15) is 5.82 Å². The predicted octanol–water partition coefficient (Wildman–Crippen LogP) is 0.553. The number of carbonyl (C=O) groups is 1. The molecule has 0 atom stereocenters. The number of halogens is 1. The molecule has 0 spiro atoms. The molecule has 0 saturated carbocycles. The molecular formula is C16H16FN3O3. The second-order valence-corrected chi connectivity index (χ2v) is 5.02. The minimum atomic E-state index is -0.484. The topological polar surface area (TPSA) is 73.1 Å². The van der Waals surface area contributed by atoms with Gasteiger partial charge in [0.2, 0.25) is 5.91 Å². The van der Waals surface area contributed by atoms with Gasteiger partial charge in [-0.15, -0.1) is 0 Å². The lowest BCUT2D eigenvalue weighted by molar-refractivity contribution is -0.116. The first-order chi connectivity index (χ1) is 10.9. The summed E-state index contributed by atoms with van der Waals surface area (Å²) in [5.41, 5.74) is -0.0785. The van der Waals surface area contributed by atoms with Gasteiger partial charge in [0, 0.05) is 32.9 Å². The largest absolute Gasteiger partial charge is 0.348 e. The second kappa shape index (κ2) is 6.87. The van der Waals surface area contributed by atoms with Crippen molar-refractivity contribution in [2.45, 2.75) is 6.54 Å². The lowest BCUT2D eigenvalue weighted by Gasteiger charge is -2.04. The maximum Gasteiger partial charge on any atom is 0.330 e. The van der Waals surface area contributed by atoms with Crippen LogP contribution in [0.25, 0.3) is 6.08 Å². The fourth-order valence-corrected chi connectivity index (χ4v) is 2.01. The first kappa shape index (κ1) is 16.4. The van der Waals surface area contributed by atoms with Crippen LogP contribution in [-0.2, 0) is 25.4 Å². The van der Waals surface area contributed by atoms with Crippen molar-refractivity contribution in [3.8, 4) is 0 Å². The standard InChI is InChI=1S/C16H16FN3O3/c1-19-10-12(15(22)20(2)16(19)23)6-7-14(21)18-9-11-4-3-5-13(17)8-11/h3-8,10H,9H2,1-2H3,(H,18,21)/b7-6+. The van der Waals surface area contributed by atoms with Crippen LogP contribution in [0.1, 0.15) is 11.1 Å². The fourth-order valence-electron chi connectivity index (χ4n) is 2.01. The quantitative estimate of drug-likeness (QED) is 0.837. The van der Waals surface area contributed by atoms with E-state index in [-0.39, 0.29) is 17.9 Å². The van der Waals surface area contributed by atoms with Gasteiger partial charge < -0.3 is 9.88 Å². The summed E-state index contributed by atoms with van der Waals surface area (Å²) >= 11 is 0. The van der Waals surface area contributed by atoms with Gasteiger partial charge in [-0.05, 0) is 23.8 Å². The third kappa shape index (κ3) is 4.03. The number of rotatable bonds is 4. The van der Waals surface area contributed by atoms with Gasteiger partial charge in [-0.3, -0.25) is 14.2 Å². The van der Waals surface area contributed by atoms with Crippen molar-refractivity contribution in [2.75, 3.05) is 0 Å². The second-order valence-electron chi connectivity index (χ2n) is 5.02. The van der Waals surface area contributed by atoms with E-state index in [0.717, 1.165) is 4.57 Å². The van der Waals surface area contributed by atoms with E-state index >= 15 is 0 Å². The zero-order valence-corrected chi connectivity index (χ0v) is 12.7. The Morgan fingerprint density at radius 3 is 2.74 bits per heavy atom. The Morgan fingerprint density at radius 1 is 1.30 bits per heavy atom. The van der Waals surface area contributed by atoms with Crippen molar-refractivity contribution < 1.29 is 9.18 Å². The van der Waals surface area contributed by atoms with Gasteiger partial charge >= 0.3 is 5.69 Å². The SMILES string of the molecule is Cn1cc(/C=C/C(=O)NCc2cccc(F)c2)c(=O)n(C)c1=O. The average molecular weight is 317 g/mol. The summed E-state index contributed by atoms with van der Waals surface area (Å²) in [4.78, 5) is 35.2. The monoisotopic (exact) mass is 317 g/mol. The molecule has 6 nitrogen and oxygen atoms in total. The first-order valence-electron chi connectivity index (χ1n) is 6.85. The maximum absolute atomic E-state index is 13.0. The maximum atomic E-state index is 13.0. The molecule has 1 heterocycles. The zero-order chi connectivity index (χ0) is 17.0. The molecule has 0 aliphatic heterocycles. The molecule has 0 aliphatic carbocycles. The molecule has 0 saturated heterocycles. The van der Waals surface area contributed by atoms with E-state index in [9.17, 15) is 18.8 Å². The summed E-state index contributed by atoms with van der Waals surface area (Å²) in [5.74, 6) is -0.800. The molecule has 0 unspecified atom stereocenters. The van der Waals surface area contributed by atoms with Crippen molar-refractivity contribution in [2.24, 2.45) is 14.1 Å². The van der Waals surface area contributed by atoms with Crippen LogP contribution in [0.15, 0.2) is 46.1 Å². The van der Waals surface area contributed by atoms with Crippen LogP contribution >= 0.6 is 0 Å². The van der Waals surface area contributed by atoms with Crippen LogP contribution in [-0.4, -0.2) is 15.0 Å². The number of carbonyl (C=O) groups excluding carboxylic acids is 1. The van der Waals surface area contributed by atoms with Crippen molar-refractivity contribution in [3.63, 3.8) is 0 Å². The number of aryl methyl sites for hydroxylation is 1. The number of nitrogens with zero attached hydrogens (tertiary/aromatic N) is 2. The van der Waals surface area contributed by atoms with Gasteiger partial charge in [-0.2, -0.15) is 0 Å². The van der Waals surface area contributed by atoms with Crippen molar-refractivity contribution in [1.82, 2.24) is 14.5 Å². The average Bonchev–Trinajstić information content (AvgIpc) is 2.53. The van der Waals surface area contributed by atoms with Crippen LogP contribution in [0.4, 0.5) is 4.39 Å². The van der Waals surface area contributed by atoms with Gasteiger partial charge in [0.05, 0.1) is 5.56 Å². The first-order valence-corrected chi connectivity index (χ1v) is 6.85. The molecule has 23 heavy (non-hydrogen) atoms. The summed E-state index contributed by atoms with van der Waals surface area (Å²) in [7, 11) is 2.88. The van der Waals surface area contributed by atoms with Crippen LogP contribution in [0, 0.1) is 5.82 Å². The molecule has 2 rings (SSSR count). The Bertz CT molecular complexity index is 881. The number of nitrogens with one attached hydrogen (secondary N) is 1. The summed E-state index contributed by atoms with van der Waals surface area (Å²) in [5, 5.41) is 2.59. The highest BCUT2D eigenvalue weighted by molar-refractivity contribution is 5.91. The van der Waals surface area contributed by atoms with E-state index in [1.54, 1.807) is 12.1 Å². The number of hydrogen-bond donors (Lipinski definition) is 1. The summed E-state index contributed by atoms with van der Waals surface area (Å²) in [6.07, 6.45) is 3.89. The molecule has 1 aromatic heterocycles. The Labute approximate surface area is 131 Å². The fraction of sp³-hybridized carbons (Fsp3) is 0.188. The zero-order valence-electron chi connectivity index (χ0n) is 12.7. The molecule has 0 radical (unpaired) electrons. The Kier molecular flexibility index (Phi) is 4.90. The van der Waals surface area contributed by atoms with Crippen molar-refractivity contribution >= 4 is 12.0 Å². The highest BCUT2D eigenvalue weighted by Gasteiger charge is 2.04. The molecule has 0 fully saturated rings. The summed E-state index contributed by atoms with van der Waals surface area (Å²) < 4.78 is 15.2. The predicted molar refractivity (Wildman–Crippen MR) is 84.2 cm³/mol. The van der Waals surface area contributed by atoms with Crippen molar-refractivity contribution in [1.29, 1.82) is 0 Å². The summed E-state index contributed by atoms with van der Waals surface area (Å²) in [6, 6.07) is 5.89. The van der Waals surface area contributed by atoms with Gasteiger partial charge in [0.25, 0.3) is 5.56 Å². The number of benzene rings is 1. The van der Waals surface area contributed by atoms with E-state index in [2.05, 4.69) is 5.32 Å². The molecule has 0 bridgehead atoms. The lowest BCUT2D eigenvalue weighted by Crippen LogP contribution is -2.37. The molecule has 1 aromatic carbocycles. The highest BCUT2D eigenvalue weighted by Crippen LogP contribution is 2.02. The third-order valence-corrected chi connectivity index (χ3v) is 3.24. The molecule has 1 N–H and O–H groups in total. The molecule has 120 valence electrons. The van der Waals surface area contributed by atoms with E-state index in [4.69, 9.17) is 0 Å². The van der Waals surface area contributed by atoms with Crippen LogP contribution in [0.2, 0.25) is 0 Å². The van der Waals surface area contributed by atoms with E-state index in [0.29, 0.717) is 5.56 Å². The van der Waals surface area contributed by atoms with Crippen LogP contribution < -0.4 is 16.6 Å². The lowest BCUT2D eigenvalue weighted by atomic mass is 10.2.